The third-order valence-electron chi connectivity index (χ3n) is 5.58. The molecule has 2 aromatic carbocycles. The first-order valence-electron chi connectivity index (χ1n) is 11.1. The second-order valence-corrected chi connectivity index (χ2v) is 8.89. The zero-order valence-electron chi connectivity index (χ0n) is 19.2. The van der Waals surface area contributed by atoms with Crippen molar-refractivity contribution >= 4 is 28.7 Å². The molecular formula is C27H24N4O3S. The van der Waals surface area contributed by atoms with Crippen LogP contribution in [0.4, 0.5) is 0 Å². The monoisotopic (exact) mass is 484 g/mol. The van der Waals surface area contributed by atoms with E-state index in [1.807, 2.05) is 60.8 Å². The van der Waals surface area contributed by atoms with Crippen LogP contribution in [0.2, 0.25) is 0 Å². The van der Waals surface area contributed by atoms with Crippen molar-refractivity contribution < 1.29 is 13.9 Å². The van der Waals surface area contributed by atoms with Gasteiger partial charge in [0.15, 0.2) is 5.16 Å². The summed E-state index contributed by atoms with van der Waals surface area (Å²) in [6, 6.07) is 21.2. The Hall–Kier alpha value is -4.04. The molecule has 0 bridgehead atoms. The van der Waals surface area contributed by atoms with Crippen molar-refractivity contribution in [2.24, 2.45) is 0 Å². The van der Waals surface area contributed by atoms with Crippen LogP contribution >= 0.6 is 11.8 Å². The van der Waals surface area contributed by atoms with Gasteiger partial charge < -0.3 is 19.0 Å². The lowest BCUT2D eigenvalue weighted by atomic mass is 10.1. The fraction of sp³-hybridized carbons (Fsp3) is 0.148. The topological polar surface area (TPSA) is 82.2 Å². The van der Waals surface area contributed by atoms with Gasteiger partial charge in [-0.05, 0) is 53.6 Å². The molecule has 0 aliphatic heterocycles. The first-order valence-corrected chi connectivity index (χ1v) is 12.1. The molecule has 0 spiro atoms. The van der Waals surface area contributed by atoms with Gasteiger partial charge in [0.1, 0.15) is 11.5 Å². The van der Waals surface area contributed by atoms with E-state index in [-0.39, 0.29) is 5.91 Å². The Bertz CT molecular complexity index is 1430. The number of nitrogens with zero attached hydrogens (tertiary/aromatic N) is 3. The number of rotatable bonds is 9. The third kappa shape index (κ3) is 5.38. The molecule has 0 saturated heterocycles. The van der Waals surface area contributed by atoms with Gasteiger partial charge in [0.25, 0.3) is 5.91 Å². The van der Waals surface area contributed by atoms with Crippen LogP contribution in [0.15, 0.2) is 95.0 Å². The van der Waals surface area contributed by atoms with Crippen LogP contribution in [0.25, 0.3) is 11.0 Å². The molecule has 0 unspecified atom stereocenters. The van der Waals surface area contributed by atoms with Crippen LogP contribution in [0.5, 0.6) is 5.75 Å². The molecule has 0 saturated carbocycles. The predicted octanol–water partition coefficient (Wildman–Crippen LogP) is 5.30. The smallest absolute Gasteiger partial charge is 0.251 e. The van der Waals surface area contributed by atoms with Crippen LogP contribution in [0.1, 0.15) is 27.2 Å². The number of aromatic nitrogens is 3. The van der Waals surface area contributed by atoms with Crippen molar-refractivity contribution in [3.63, 3.8) is 0 Å². The van der Waals surface area contributed by atoms with Crippen LogP contribution in [0.3, 0.4) is 0 Å². The number of hydrogen-bond acceptors (Lipinski definition) is 6. The molecule has 7 nitrogen and oxygen atoms in total. The van der Waals surface area contributed by atoms with Gasteiger partial charge in [-0.15, -0.1) is 0 Å². The van der Waals surface area contributed by atoms with Crippen molar-refractivity contribution in [1.82, 2.24) is 19.9 Å². The number of thioether (sulfide) groups is 1. The van der Waals surface area contributed by atoms with Crippen molar-refractivity contribution in [2.75, 3.05) is 7.11 Å². The standard InChI is InChI=1S/C27H24N4O3S/c1-33-22-5-2-4-20(14-22)18-35-27-30-24-11-12-28-16-25(24)31(27)17-19-7-9-21(10-8-19)26(32)29-15-23-6-3-13-34-23/h2-14,16H,15,17-18H2,1H3,(H,29,32). The number of nitrogens with one attached hydrogen (secondary N) is 1. The summed E-state index contributed by atoms with van der Waals surface area (Å²) in [6.07, 6.45) is 5.19. The molecule has 0 aliphatic rings. The van der Waals surface area contributed by atoms with Crippen molar-refractivity contribution in [1.29, 1.82) is 0 Å². The predicted molar refractivity (Wildman–Crippen MR) is 136 cm³/mol. The number of imidazole rings is 1. The van der Waals surface area contributed by atoms with E-state index in [1.54, 1.807) is 37.4 Å². The molecule has 5 rings (SSSR count). The summed E-state index contributed by atoms with van der Waals surface area (Å²) in [5, 5.41) is 3.78. The molecule has 3 aromatic heterocycles. The molecular weight excluding hydrogens is 460 g/mol. The van der Waals surface area contributed by atoms with E-state index in [9.17, 15) is 4.79 Å². The first kappa shape index (κ1) is 22.7. The number of pyridine rings is 1. The molecule has 0 fully saturated rings. The third-order valence-corrected chi connectivity index (χ3v) is 6.63. The number of carbonyl (C=O) groups excluding carboxylic acids is 1. The highest BCUT2D eigenvalue weighted by atomic mass is 32.2. The largest absolute Gasteiger partial charge is 0.497 e. The van der Waals surface area contributed by atoms with Crippen molar-refractivity contribution in [3.8, 4) is 5.75 Å². The second kappa shape index (κ2) is 10.5. The molecule has 1 N–H and O–H groups in total. The number of amides is 1. The van der Waals surface area contributed by atoms with E-state index in [1.165, 1.54) is 0 Å². The molecule has 3 heterocycles. The molecule has 35 heavy (non-hydrogen) atoms. The fourth-order valence-corrected chi connectivity index (χ4v) is 4.70. The summed E-state index contributed by atoms with van der Waals surface area (Å²) in [5.74, 6) is 2.19. The highest BCUT2D eigenvalue weighted by Gasteiger charge is 2.13. The maximum absolute atomic E-state index is 12.5. The minimum Gasteiger partial charge on any atom is -0.497 e. The van der Waals surface area contributed by atoms with E-state index >= 15 is 0 Å². The van der Waals surface area contributed by atoms with Gasteiger partial charge >= 0.3 is 0 Å². The SMILES string of the molecule is COc1cccc(CSc2nc3ccncc3n2Cc2ccc(C(=O)NCc3ccco3)cc2)c1. The number of benzene rings is 2. The van der Waals surface area contributed by atoms with Gasteiger partial charge in [0.05, 0.1) is 43.7 Å². The lowest BCUT2D eigenvalue weighted by Crippen LogP contribution is -2.22. The Morgan fingerprint density at radius 1 is 1.09 bits per heavy atom. The maximum Gasteiger partial charge on any atom is 0.251 e. The van der Waals surface area contributed by atoms with Gasteiger partial charge in [-0.2, -0.15) is 0 Å². The van der Waals surface area contributed by atoms with E-state index in [0.29, 0.717) is 18.7 Å². The Morgan fingerprint density at radius 2 is 1.97 bits per heavy atom. The Kier molecular flexibility index (Phi) is 6.81. The summed E-state index contributed by atoms with van der Waals surface area (Å²) in [5.41, 5.74) is 4.71. The highest BCUT2D eigenvalue weighted by molar-refractivity contribution is 7.98. The zero-order valence-corrected chi connectivity index (χ0v) is 20.0. The minimum atomic E-state index is -0.139. The van der Waals surface area contributed by atoms with Crippen molar-refractivity contribution in [2.45, 2.75) is 24.0 Å². The number of carbonyl (C=O) groups is 1. The lowest BCUT2D eigenvalue weighted by molar-refractivity contribution is 0.0948. The van der Waals surface area contributed by atoms with Gasteiger partial charge in [-0.1, -0.05) is 36.0 Å². The normalized spacial score (nSPS) is 11.0. The molecule has 8 heteroatoms. The van der Waals surface area contributed by atoms with Crippen LogP contribution in [0, 0.1) is 0 Å². The van der Waals surface area contributed by atoms with Gasteiger partial charge in [0.2, 0.25) is 0 Å². The molecule has 5 aromatic rings. The lowest BCUT2D eigenvalue weighted by Gasteiger charge is -2.10. The van der Waals surface area contributed by atoms with E-state index in [0.717, 1.165) is 44.6 Å². The Labute approximate surface area is 207 Å². The van der Waals surface area contributed by atoms with E-state index in [2.05, 4.69) is 20.9 Å². The van der Waals surface area contributed by atoms with Gasteiger partial charge in [0, 0.05) is 17.5 Å². The molecule has 176 valence electrons. The van der Waals surface area contributed by atoms with Crippen molar-refractivity contribution in [3.05, 3.63) is 108 Å². The van der Waals surface area contributed by atoms with Gasteiger partial charge in [-0.3, -0.25) is 9.78 Å². The van der Waals surface area contributed by atoms with E-state index < -0.39 is 0 Å². The summed E-state index contributed by atoms with van der Waals surface area (Å²) in [7, 11) is 1.67. The minimum absolute atomic E-state index is 0.139. The summed E-state index contributed by atoms with van der Waals surface area (Å²) in [6.45, 7) is 0.979. The highest BCUT2D eigenvalue weighted by Crippen LogP contribution is 2.28. The summed E-state index contributed by atoms with van der Waals surface area (Å²) >= 11 is 1.67. The second-order valence-electron chi connectivity index (χ2n) is 7.94. The van der Waals surface area contributed by atoms with Crippen LogP contribution < -0.4 is 10.1 Å². The zero-order chi connectivity index (χ0) is 24.0. The van der Waals surface area contributed by atoms with Crippen LogP contribution in [-0.4, -0.2) is 27.6 Å². The summed E-state index contributed by atoms with van der Waals surface area (Å²) < 4.78 is 12.8. The average molecular weight is 485 g/mol. The number of methoxy groups -OCH3 is 1. The summed E-state index contributed by atoms with van der Waals surface area (Å²) in [4.78, 5) is 21.6. The molecule has 1 amide bonds. The Balaban J connectivity index is 1.32. The molecule has 0 atom stereocenters. The fourth-order valence-electron chi connectivity index (χ4n) is 3.75. The molecule has 0 aliphatic carbocycles. The maximum atomic E-state index is 12.5. The van der Waals surface area contributed by atoms with Gasteiger partial charge in [-0.25, -0.2) is 4.98 Å². The molecule has 0 radical (unpaired) electrons. The van der Waals surface area contributed by atoms with E-state index in [4.69, 9.17) is 14.1 Å². The number of hydrogen-bond donors (Lipinski definition) is 1. The Morgan fingerprint density at radius 3 is 2.77 bits per heavy atom. The number of fused-ring (bicyclic) bond motifs is 1. The quantitative estimate of drug-likeness (QED) is 0.286. The first-order chi connectivity index (χ1) is 17.2. The average Bonchev–Trinajstić information content (AvgIpc) is 3.55. The number of ether oxygens (including phenoxy) is 1. The van der Waals surface area contributed by atoms with Crippen LogP contribution in [-0.2, 0) is 18.8 Å². The number of furan rings is 1.